The van der Waals surface area contributed by atoms with Gasteiger partial charge in [-0.25, -0.2) is 0 Å². The molecule has 0 aromatic heterocycles. The second-order valence-electron chi connectivity index (χ2n) is 9.89. The van der Waals surface area contributed by atoms with Crippen molar-refractivity contribution < 1.29 is 22.7 Å². The van der Waals surface area contributed by atoms with Crippen molar-refractivity contribution in [2.75, 3.05) is 52.9 Å². The summed E-state index contributed by atoms with van der Waals surface area (Å²) in [6, 6.07) is 4.63. The number of benzene rings is 1. The molecule has 35 heavy (non-hydrogen) atoms. The number of carbonyl (C=O) groups is 1. The largest absolute Gasteiger partial charge is 0.476 e. The first-order chi connectivity index (χ1) is 16.6. The molecule has 0 radical (unpaired) electrons. The van der Waals surface area contributed by atoms with Gasteiger partial charge in [-0.3, -0.25) is 9.69 Å². The topological polar surface area (TPSA) is 36.0 Å². The van der Waals surface area contributed by atoms with Crippen LogP contribution in [0.15, 0.2) is 46.5 Å². The van der Waals surface area contributed by atoms with Gasteiger partial charge in [0.1, 0.15) is 5.75 Å². The van der Waals surface area contributed by atoms with Gasteiger partial charge in [0.05, 0.1) is 5.56 Å². The van der Waals surface area contributed by atoms with E-state index in [1.807, 2.05) is 18.9 Å². The number of carbonyl (C=O) groups excluding carboxylic acids is 1. The summed E-state index contributed by atoms with van der Waals surface area (Å²) in [5.41, 5.74) is 0.333. The highest BCUT2D eigenvalue weighted by Gasteiger charge is 2.47. The maximum absolute atomic E-state index is 13.9. The van der Waals surface area contributed by atoms with Gasteiger partial charge in [-0.2, -0.15) is 13.2 Å². The minimum atomic E-state index is -4.42. The van der Waals surface area contributed by atoms with Crippen LogP contribution in [0.5, 0.6) is 5.75 Å². The normalized spacial score (nSPS) is 25.0. The zero-order valence-electron chi connectivity index (χ0n) is 20.3. The summed E-state index contributed by atoms with van der Waals surface area (Å²) in [6.07, 6.45) is 0.881. The number of allylic oxidation sites excluding steroid dienone is 2. The first-order valence-corrected chi connectivity index (χ1v) is 12.6. The van der Waals surface area contributed by atoms with E-state index in [2.05, 4.69) is 15.9 Å². The third-order valence-corrected chi connectivity index (χ3v) is 7.74. The summed E-state index contributed by atoms with van der Waals surface area (Å²) in [5, 5.41) is 0.793. The highest BCUT2D eigenvalue weighted by Crippen LogP contribution is 2.35. The number of alkyl halides is 3. The number of amides is 1. The number of likely N-dealkylation sites (tertiary alicyclic amines) is 1. The van der Waals surface area contributed by atoms with Crippen molar-refractivity contribution in [1.29, 1.82) is 0 Å². The number of nitrogens with zero attached hydrogens (tertiary/aromatic N) is 3. The Labute approximate surface area is 210 Å². The fourth-order valence-corrected chi connectivity index (χ4v) is 5.32. The van der Waals surface area contributed by atoms with Crippen molar-refractivity contribution in [3.8, 4) is 5.75 Å². The Bertz CT molecular complexity index is 985. The molecule has 1 aromatic carbocycles. The number of piperidine rings is 1. The van der Waals surface area contributed by atoms with Gasteiger partial charge < -0.3 is 14.5 Å². The standard InChI is InChI=1S/C26H33ClF3N3O2/c1-19-5-3-6-20(23(19)27)17-32-12-4-11-25(18-32,24(34)33-15-13-31(2)14-16-33)35-22-9-7-21(8-10-22)26(28,29)30/h6-10H,3-5,11-18H2,1-2H3. The van der Waals surface area contributed by atoms with Crippen LogP contribution in [-0.2, 0) is 11.0 Å². The van der Waals surface area contributed by atoms with E-state index in [4.69, 9.17) is 16.3 Å². The van der Waals surface area contributed by atoms with Crippen LogP contribution in [-0.4, -0.2) is 79.1 Å². The average molecular weight is 512 g/mol. The van der Waals surface area contributed by atoms with Crippen molar-refractivity contribution in [3.63, 3.8) is 0 Å². The molecule has 4 rings (SSSR count). The maximum Gasteiger partial charge on any atom is 0.416 e. The Morgan fingerprint density at radius 3 is 2.46 bits per heavy atom. The van der Waals surface area contributed by atoms with Gasteiger partial charge >= 0.3 is 6.18 Å². The van der Waals surface area contributed by atoms with Crippen LogP contribution in [0.25, 0.3) is 0 Å². The van der Waals surface area contributed by atoms with Gasteiger partial charge in [-0.15, -0.1) is 0 Å². The molecule has 2 heterocycles. The van der Waals surface area contributed by atoms with Crippen molar-refractivity contribution in [2.24, 2.45) is 0 Å². The Balaban J connectivity index is 1.58. The van der Waals surface area contributed by atoms with Crippen LogP contribution in [0.4, 0.5) is 13.2 Å². The molecular weight excluding hydrogens is 479 g/mol. The molecule has 0 saturated carbocycles. The molecule has 1 amide bonds. The van der Waals surface area contributed by atoms with Gasteiger partial charge in [0.15, 0.2) is 5.60 Å². The van der Waals surface area contributed by atoms with Gasteiger partial charge in [0.25, 0.3) is 5.91 Å². The van der Waals surface area contributed by atoms with Crippen molar-refractivity contribution in [2.45, 2.75) is 44.4 Å². The fourth-order valence-electron chi connectivity index (χ4n) is 5.09. The van der Waals surface area contributed by atoms with E-state index in [1.165, 1.54) is 17.7 Å². The van der Waals surface area contributed by atoms with Crippen LogP contribution in [0.3, 0.4) is 0 Å². The lowest BCUT2D eigenvalue weighted by molar-refractivity contribution is -0.155. The highest BCUT2D eigenvalue weighted by atomic mass is 35.5. The first-order valence-electron chi connectivity index (χ1n) is 12.2. The highest BCUT2D eigenvalue weighted by molar-refractivity contribution is 6.32. The average Bonchev–Trinajstić information content (AvgIpc) is 2.82. The molecule has 1 atom stereocenters. The fraction of sp³-hybridized carbons (Fsp3) is 0.577. The van der Waals surface area contributed by atoms with Crippen molar-refractivity contribution >= 4 is 17.5 Å². The Kier molecular flexibility index (Phi) is 7.83. The van der Waals surface area contributed by atoms with Crippen molar-refractivity contribution in [3.05, 3.63) is 52.1 Å². The lowest BCUT2D eigenvalue weighted by Gasteiger charge is -2.45. The summed E-state index contributed by atoms with van der Waals surface area (Å²) in [4.78, 5) is 20.1. The number of hydrogen-bond acceptors (Lipinski definition) is 4. The number of piperazine rings is 1. The first kappa shape index (κ1) is 26.0. The maximum atomic E-state index is 13.9. The van der Waals surface area contributed by atoms with Gasteiger partial charge in [-0.1, -0.05) is 23.3 Å². The monoisotopic (exact) mass is 511 g/mol. The quantitative estimate of drug-likeness (QED) is 0.562. The summed E-state index contributed by atoms with van der Waals surface area (Å²) in [5.74, 6) is 0.179. The van der Waals surface area contributed by atoms with Gasteiger partial charge in [0.2, 0.25) is 0 Å². The number of likely N-dealkylation sites (N-methyl/N-ethyl adjacent to an activating group) is 1. The Morgan fingerprint density at radius 1 is 1.11 bits per heavy atom. The van der Waals surface area contributed by atoms with E-state index in [-0.39, 0.29) is 11.7 Å². The smallest absolute Gasteiger partial charge is 0.416 e. The Hall–Kier alpha value is -2.03. The summed E-state index contributed by atoms with van der Waals surface area (Å²) < 4.78 is 45.5. The molecule has 0 N–H and O–H groups in total. The molecule has 1 aromatic rings. The van der Waals surface area contributed by atoms with Crippen LogP contribution in [0, 0.1) is 0 Å². The van der Waals surface area contributed by atoms with E-state index < -0.39 is 17.3 Å². The summed E-state index contributed by atoms with van der Waals surface area (Å²) in [6.45, 7) is 6.58. The molecule has 9 heteroatoms. The molecule has 5 nitrogen and oxygen atoms in total. The van der Waals surface area contributed by atoms with E-state index >= 15 is 0 Å². The van der Waals surface area contributed by atoms with Gasteiger partial charge in [-0.05, 0) is 76.0 Å². The van der Waals surface area contributed by atoms with Crippen molar-refractivity contribution in [1.82, 2.24) is 14.7 Å². The molecular formula is C26H33ClF3N3O2. The molecule has 0 bridgehead atoms. The molecule has 1 aliphatic carbocycles. The van der Waals surface area contributed by atoms with Crippen LogP contribution < -0.4 is 4.74 Å². The predicted molar refractivity (Wildman–Crippen MR) is 130 cm³/mol. The lowest BCUT2D eigenvalue weighted by atomic mass is 9.89. The minimum Gasteiger partial charge on any atom is -0.476 e. The zero-order chi connectivity index (χ0) is 25.2. The van der Waals surface area contributed by atoms with Crippen LogP contribution in [0.2, 0.25) is 0 Å². The predicted octanol–water partition coefficient (Wildman–Crippen LogP) is 4.93. The molecule has 2 aliphatic heterocycles. The molecule has 2 fully saturated rings. The molecule has 192 valence electrons. The van der Waals surface area contributed by atoms with E-state index in [0.29, 0.717) is 32.6 Å². The van der Waals surface area contributed by atoms with E-state index in [1.54, 1.807) is 0 Å². The number of rotatable bonds is 5. The second-order valence-corrected chi connectivity index (χ2v) is 10.3. The minimum absolute atomic E-state index is 0.0920. The zero-order valence-corrected chi connectivity index (χ0v) is 21.1. The molecule has 2 saturated heterocycles. The third-order valence-electron chi connectivity index (χ3n) is 7.17. The Morgan fingerprint density at radius 2 is 1.80 bits per heavy atom. The molecule has 1 unspecified atom stereocenters. The molecule has 3 aliphatic rings. The van der Waals surface area contributed by atoms with Gasteiger partial charge in [0, 0.05) is 44.3 Å². The SMILES string of the molecule is CC1=C(Cl)C(CN2CCCC(Oc3ccc(C(F)(F)F)cc3)(C(=O)N3CCN(C)CC3)C2)=CCC1. The van der Waals surface area contributed by atoms with E-state index in [9.17, 15) is 18.0 Å². The summed E-state index contributed by atoms with van der Waals surface area (Å²) >= 11 is 6.58. The van der Waals surface area contributed by atoms with Crippen LogP contribution >= 0.6 is 11.6 Å². The van der Waals surface area contributed by atoms with E-state index in [0.717, 1.165) is 61.6 Å². The second kappa shape index (κ2) is 10.5. The molecule has 0 spiro atoms. The number of hydrogen-bond donors (Lipinski definition) is 0. The summed E-state index contributed by atoms with van der Waals surface area (Å²) in [7, 11) is 2.02. The lowest BCUT2D eigenvalue weighted by Crippen LogP contribution is -2.63. The number of ether oxygens (including phenoxy) is 1. The number of halogens is 4. The van der Waals surface area contributed by atoms with Crippen LogP contribution in [0.1, 0.15) is 38.2 Å². The third kappa shape index (κ3) is 6.04.